The molecule has 0 aliphatic carbocycles. The maximum absolute atomic E-state index is 12.3. The summed E-state index contributed by atoms with van der Waals surface area (Å²) in [5, 5.41) is 0. The Morgan fingerprint density at radius 2 is 2.05 bits per heavy atom. The molecule has 8 heteroatoms. The number of imidazole rings is 1. The highest BCUT2D eigenvalue weighted by Gasteiger charge is 2.18. The summed E-state index contributed by atoms with van der Waals surface area (Å²) < 4.78 is 33.5. The Hall–Kier alpha value is -2.19. The molecule has 0 aliphatic heterocycles. The Morgan fingerprint density at radius 1 is 1.36 bits per heavy atom. The zero-order chi connectivity index (χ0) is 16.2. The Labute approximate surface area is 129 Å². The van der Waals surface area contributed by atoms with E-state index in [1.807, 2.05) is 0 Å². The van der Waals surface area contributed by atoms with Crippen LogP contribution in [0.3, 0.4) is 0 Å². The number of hydrogen-bond donors (Lipinski definition) is 1. The maximum atomic E-state index is 12.3. The maximum Gasteiger partial charge on any atom is 0.337 e. The first-order valence-electron chi connectivity index (χ1n) is 6.59. The van der Waals surface area contributed by atoms with Gasteiger partial charge in [0, 0.05) is 25.0 Å². The molecule has 0 spiro atoms. The molecule has 7 nitrogen and oxygen atoms in total. The average molecular weight is 323 g/mol. The van der Waals surface area contributed by atoms with Crippen LogP contribution in [0, 0.1) is 0 Å². The van der Waals surface area contributed by atoms with E-state index in [0.29, 0.717) is 12.1 Å². The Bertz CT molecular complexity index is 724. The largest absolute Gasteiger partial charge is 0.465 e. The molecule has 0 amide bonds. The van der Waals surface area contributed by atoms with Gasteiger partial charge in [-0.05, 0) is 31.2 Å². The predicted octanol–water partition coefficient (Wildman–Crippen LogP) is 1.04. The van der Waals surface area contributed by atoms with Crippen LogP contribution in [0.2, 0.25) is 0 Å². The molecule has 1 N–H and O–H groups in total. The summed E-state index contributed by atoms with van der Waals surface area (Å²) in [4.78, 5) is 15.3. The van der Waals surface area contributed by atoms with Crippen LogP contribution >= 0.6 is 0 Å². The minimum atomic E-state index is -3.65. The molecule has 1 heterocycles. The van der Waals surface area contributed by atoms with Gasteiger partial charge in [0.05, 0.1) is 23.9 Å². The fourth-order valence-electron chi connectivity index (χ4n) is 1.97. The van der Waals surface area contributed by atoms with Gasteiger partial charge in [-0.3, -0.25) is 0 Å². The van der Waals surface area contributed by atoms with E-state index in [2.05, 4.69) is 14.4 Å². The van der Waals surface area contributed by atoms with E-state index in [0.717, 1.165) is 0 Å². The molecule has 1 atom stereocenters. The van der Waals surface area contributed by atoms with Gasteiger partial charge in [-0.2, -0.15) is 0 Å². The SMILES string of the molecule is COC(=O)c1ccc(S(=O)(=O)NC(C)Cn2ccnc2)cc1. The van der Waals surface area contributed by atoms with Crippen molar-refractivity contribution in [2.75, 3.05) is 7.11 Å². The molecule has 2 aromatic rings. The molecule has 0 saturated carbocycles. The quantitative estimate of drug-likeness (QED) is 0.802. The van der Waals surface area contributed by atoms with Crippen molar-refractivity contribution < 1.29 is 17.9 Å². The van der Waals surface area contributed by atoms with Crippen LogP contribution in [-0.4, -0.2) is 37.1 Å². The number of carbonyl (C=O) groups is 1. The van der Waals surface area contributed by atoms with E-state index in [9.17, 15) is 13.2 Å². The first kappa shape index (κ1) is 16.2. The molecular formula is C14H17N3O4S. The molecule has 0 saturated heterocycles. The molecule has 0 bridgehead atoms. The highest BCUT2D eigenvalue weighted by atomic mass is 32.2. The number of esters is 1. The molecule has 0 fully saturated rings. The third-order valence-corrected chi connectivity index (χ3v) is 4.59. The number of benzene rings is 1. The van der Waals surface area contributed by atoms with Crippen LogP contribution in [0.1, 0.15) is 17.3 Å². The van der Waals surface area contributed by atoms with Crippen molar-refractivity contribution in [2.45, 2.75) is 24.4 Å². The highest BCUT2D eigenvalue weighted by Crippen LogP contribution is 2.12. The van der Waals surface area contributed by atoms with E-state index in [4.69, 9.17) is 0 Å². The summed E-state index contributed by atoms with van der Waals surface area (Å²) >= 11 is 0. The zero-order valence-corrected chi connectivity index (χ0v) is 13.1. The molecule has 22 heavy (non-hydrogen) atoms. The predicted molar refractivity (Wildman–Crippen MR) is 79.8 cm³/mol. The van der Waals surface area contributed by atoms with E-state index in [-0.39, 0.29) is 10.9 Å². The van der Waals surface area contributed by atoms with Crippen molar-refractivity contribution in [1.29, 1.82) is 0 Å². The first-order valence-corrected chi connectivity index (χ1v) is 8.07. The summed E-state index contributed by atoms with van der Waals surface area (Å²) in [5.41, 5.74) is 0.299. The summed E-state index contributed by atoms with van der Waals surface area (Å²) in [7, 11) is -2.38. The van der Waals surface area contributed by atoms with E-state index < -0.39 is 16.0 Å². The van der Waals surface area contributed by atoms with Gasteiger partial charge in [0.1, 0.15) is 0 Å². The van der Waals surface area contributed by atoms with E-state index in [1.165, 1.54) is 31.4 Å². The lowest BCUT2D eigenvalue weighted by Crippen LogP contribution is -2.35. The minimum absolute atomic E-state index is 0.0950. The van der Waals surface area contributed by atoms with Gasteiger partial charge in [0.2, 0.25) is 10.0 Å². The number of nitrogens with one attached hydrogen (secondary N) is 1. The number of hydrogen-bond acceptors (Lipinski definition) is 5. The van der Waals surface area contributed by atoms with Gasteiger partial charge >= 0.3 is 5.97 Å². The van der Waals surface area contributed by atoms with Crippen molar-refractivity contribution in [1.82, 2.24) is 14.3 Å². The van der Waals surface area contributed by atoms with Crippen LogP contribution in [0.15, 0.2) is 47.9 Å². The second kappa shape index (κ2) is 6.71. The van der Waals surface area contributed by atoms with Crippen LogP contribution in [0.4, 0.5) is 0 Å². The Balaban J connectivity index is 2.07. The van der Waals surface area contributed by atoms with Gasteiger partial charge in [-0.1, -0.05) is 0 Å². The van der Waals surface area contributed by atoms with Gasteiger partial charge < -0.3 is 9.30 Å². The van der Waals surface area contributed by atoms with Crippen molar-refractivity contribution in [3.05, 3.63) is 48.5 Å². The van der Waals surface area contributed by atoms with Crippen LogP contribution in [-0.2, 0) is 21.3 Å². The third kappa shape index (κ3) is 3.92. The van der Waals surface area contributed by atoms with E-state index in [1.54, 1.807) is 30.2 Å². The number of rotatable bonds is 6. The Morgan fingerprint density at radius 3 is 2.59 bits per heavy atom. The lowest BCUT2D eigenvalue weighted by Gasteiger charge is -2.14. The smallest absolute Gasteiger partial charge is 0.337 e. The number of ether oxygens (including phenoxy) is 1. The van der Waals surface area contributed by atoms with Gasteiger partial charge in [-0.25, -0.2) is 22.9 Å². The fourth-order valence-corrected chi connectivity index (χ4v) is 3.20. The van der Waals surface area contributed by atoms with Crippen molar-refractivity contribution in [3.8, 4) is 0 Å². The second-order valence-electron chi connectivity index (χ2n) is 4.80. The zero-order valence-electron chi connectivity index (χ0n) is 12.3. The van der Waals surface area contributed by atoms with Gasteiger partial charge in [-0.15, -0.1) is 0 Å². The molecular weight excluding hydrogens is 306 g/mol. The molecule has 2 rings (SSSR count). The summed E-state index contributed by atoms with van der Waals surface area (Å²) in [5.74, 6) is -0.509. The van der Waals surface area contributed by atoms with Crippen molar-refractivity contribution in [2.24, 2.45) is 0 Å². The molecule has 1 unspecified atom stereocenters. The molecule has 0 radical (unpaired) electrons. The normalized spacial score (nSPS) is 12.8. The number of nitrogens with zero attached hydrogens (tertiary/aromatic N) is 2. The lowest BCUT2D eigenvalue weighted by atomic mass is 10.2. The summed E-state index contributed by atoms with van der Waals surface area (Å²) in [6, 6.07) is 5.28. The number of carbonyl (C=O) groups excluding carboxylic acids is 1. The number of methoxy groups -OCH3 is 1. The van der Waals surface area contributed by atoms with Gasteiger partial charge in [0.25, 0.3) is 0 Å². The molecule has 1 aromatic carbocycles. The Kier molecular flexibility index (Phi) is 4.94. The van der Waals surface area contributed by atoms with Crippen molar-refractivity contribution in [3.63, 3.8) is 0 Å². The fraction of sp³-hybridized carbons (Fsp3) is 0.286. The van der Waals surface area contributed by atoms with Gasteiger partial charge in [0.15, 0.2) is 0 Å². The van der Waals surface area contributed by atoms with Crippen LogP contribution in [0.5, 0.6) is 0 Å². The molecule has 118 valence electrons. The second-order valence-corrected chi connectivity index (χ2v) is 6.51. The van der Waals surface area contributed by atoms with E-state index >= 15 is 0 Å². The van der Waals surface area contributed by atoms with Crippen LogP contribution < -0.4 is 4.72 Å². The minimum Gasteiger partial charge on any atom is -0.465 e. The van der Waals surface area contributed by atoms with Crippen LogP contribution in [0.25, 0.3) is 0 Å². The topological polar surface area (TPSA) is 90.3 Å². The number of sulfonamides is 1. The first-order chi connectivity index (χ1) is 10.4. The third-order valence-electron chi connectivity index (χ3n) is 2.99. The summed E-state index contributed by atoms with van der Waals surface area (Å²) in [6.07, 6.45) is 5.01. The molecule has 0 aliphatic rings. The standard InChI is InChI=1S/C14H17N3O4S/c1-11(9-17-8-7-15-10-17)16-22(19,20)13-5-3-12(4-6-13)14(18)21-2/h3-8,10-11,16H,9H2,1-2H3. The van der Waals surface area contributed by atoms with Crippen molar-refractivity contribution >= 4 is 16.0 Å². The highest BCUT2D eigenvalue weighted by molar-refractivity contribution is 7.89. The number of aromatic nitrogens is 2. The average Bonchev–Trinajstić information content (AvgIpc) is 2.98. The molecule has 1 aromatic heterocycles. The monoisotopic (exact) mass is 323 g/mol. The summed E-state index contributed by atoms with van der Waals surface area (Å²) in [6.45, 7) is 2.24. The lowest BCUT2D eigenvalue weighted by molar-refractivity contribution is 0.0600.